The van der Waals surface area contributed by atoms with Crippen molar-refractivity contribution in [3.05, 3.63) is 102 Å². The minimum absolute atomic E-state index is 0. The molecule has 0 unspecified atom stereocenters. The van der Waals surface area contributed by atoms with Crippen LogP contribution in [0.2, 0.25) is 0 Å². The third-order valence-corrected chi connectivity index (χ3v) is 8.95. The third kappa shape index (κ3) is 6.08. The van der Waals surface area contributed by atoms with Crippen LogP contribution in [-0.4, -0.2) is 41.1 Å². The van der Waals surface area contributed by atoms with Gasteiger partial charge in [-0.25, -0.2) is 0 Å². The first-order valence-corrected chi connectivity index (χ1v) is 13.9. The van der Waals surface area contributed by atoms with Crippen molar-refractivity contribution in [3.8, 4) is 5.75 Å². The van der Waals surface area contributed by atoms with Gasteiger partial charge in [0.25, 0.3) is 0 Å². The molecule has 2 fully saturated rings. The number of phenolic OH excluding ortho intramolecular Hbond substituents is 1. The molecule has 1 amide bonds. The largest absolute Gasteiger partial charge is 0.508 e. The number of hydrogen-bond acceptors (Lipinski definition) is 3. The maximum absolute atomic E-state index is 13.4. The Morgan fingerprint density at radius 2 is 1.74 bits per heavy atom. The lowest BCUT2D eigenvalue weighted by Gasteiger charge is -2.56. The third-order valence-electron chi connectivity index (χ3n) is 8.95. The van der Waals surface area contributed by atoms with Gasteiger partial charge in [0, 0.05) is 24.0 Å². The average Bonchev–Trinajstić information content (AvgIpc) is 2.92. The lowest BCUT2D eigenvalue weighted by atomic mass is 9.57. The minimum atomic E-state index is -0.181. The van der Waals surface area contributed by atoms with E-state index in [1.165, 1.54) is 11.1 Å². The Labute approximate surface area is 233 Å². The van der Waals surface area contributed by atoms with Crippen molar-refractivity contribution in [1.29, 1.82) is 0 Å². The number of rotatable bonds is 8. The minimum Gasteiger partial charge on any atom is -0.508 e. The van der Waals surface area contributed by atoms with E-state index in [1.807, 2.05) is 49.4 Å². The summed E-state index contributed by atoms with van der Waals surface area (Å²) in [6.45, 7) is 6.48. The van der Waals surface area contributed by atoms with Crippen LogP contribution in [-0.2, 0) is 16.6 Å². The highest BCUT2D eigenvalue weighted by Crippen LogP contribution is 2.50. The monoisotopic (exact) mass is 532 g/mol. The predicted octanol–water partition coefficient (Wildman–Crippen LogP) is 6.48. The Bertz CT molecular complexity index is 1190. The van der Waals surface area contributed by atoms with E-state index < -0.39 is 0 Å². The first kappa shape index (κ1) is 28.2. The Morgan fingerprint density at radius 1 is 1.03 bits per heavy atom. The molecule has 1 heterocycles. The first-order chi connectivity index (χ1) is 17.9. The fourth-order valence-corrected chi connectivity index (χ4v) is 6.86. The topological polar surface area (TPSA) is 52.6 Å². The molecular weight excluding hydrogens is 492 g/mol. The van der Waals surface area contributed by atoms with Crippen molar-refractivity contribution in [2.45, 2.75) is 69.4 Å². The van der Waals surface area contributed by atoms with Gasteiger partial charge in [-0.15, -0.1) is 12.4 Å². The van der Waals surface area contributed by atoms with E-state index >= 15 is 0 Å². The molecule has 202 valence electrons. The normalized spacial score (nSPS) is 25.7. The van der Waals surface area contributed by atoms with Gasteiger partial charge in [0.15, 0.2) is 0 Å². The van der Waals surface area contributed by atoms with E-state index in [4.69, 9.17) is 0 Å². The molecule has 5 heteroatoms. The van der Waals surface area contributed by atoms with E-state index in [9.17, 15) is 9.90 Å². The molecule has 3 aromatic carbocycles. The summed E-state index contributed by atoms with van der Waals surface area (Å²) in [5.41, 5.74) is 3.61. The molecule has 0 spiro atoms. The molecule has 1 saturated carbocycles. The number of likely N-dealkylation sites (tertiary alicyclic amines) is 1. The van der Waals surface area contributed by atoms with Crippen molar-refractivity contribution in [3.63, 3.8) is 0 Å². The van der Waals surface area contributed by atoms with Gasteiger partial charge >= 0.3 is 0 Å². The van der Waals surface area contributed by atoms with Crippen LogP contribution in [0.4, 0.5) is 0 Å². The van der Waals surface area contributed by atoms with Crippen LogP contribution in [0.3, 0.4) is 0 Å². The van der Waals surface area contributed by atoms with E-state index in [-0.39, 0.29) is 35.7 Å². The highest BCUT2D eigenvalue weighted by Gasteiger charge is 2.51. The number of carbonyl (C=O) groups is 1. The summed E-state index contributed by atoms with van der Waals surface area (Å²) >= 11 is 0. The SMILES string of the molecule is C[C@@H](C(=O)N[C@@H]1C[C@@H]2C[C@](c3cccc(O)c3)(C1)[C@@H](C)CN2CCCc1ccccc1)c1ccccc1.Cl. The fourth-order valence-electron chi connectivity index (χ4n) is 6.86. The molecule has 4 nitrogen and oxygen atoms in total. The zero-order chi connectivity index (χ0) is 25.8. The lowest BCUT2D eigenvalue weighted by Crippen LogP contribution is -2.61. The van der Waals surface area contributed by atoms with Gasteiger partial charge in [-0.1, -0.05) is 79.7 Å². The van der Waals surface area contributed by atoms with E-state index in [0.717, 1.165) is 50.8 Å². The molecule has 2 N–H and O–H groups in total. The molecule has 2 aliphatic rings. The van der Waals surface area contributed by atoms with Crippen molar-refractivity contribution in [1.82, 2.24) is 10.2 Å². The van der Waals surface area contributed by atoms with Crippen molar-refractivity contribution >= 4 is 18.3 Å². The number of fused-ring (bicyclic) bond motifs is 2. The number of halogens is 1. The molecule has 1 aliphatic carbocycles. The molecule has 0 aromatic heterocycles. The number of phenols is 1. The van der Waals surface area contributed by atoms with Crippen molar-refractivity contribution in [2.24, 2.45) is 5.92 Å². The van der Waals surface area contributed by atoms with Crippen LogP contribution in [0.15, 0.2) is 84.9 Å². The summed E-state index contributed by atoms with van der Waals surface area (Å²) in [7, 11) is 0. The first-order valence-electron chi connectivity index (χ1n) is 13.9. The van der Waals surface area contributed by atoms with Crippen LogP contribution in [0.25, 0.3) is 0 Å². The number of nitrogens with one attached hydrogen (secondary N) is 1. The van der Waals surface area contributed by atoms with Gasteiger partial charge in [0.05, 0.1) is 5.92 Å². The molecule has 5 atom stereocenters. The summed E-state index contributed by atoms with van der Waals surface area (Å²) in [6.07, 6.45) is 5.19. The lowest BCUT2D eigenvalue weighted by molar-refractivity contribution is -0.124. The van der Waals surface area contributed by atoms with Gasteiger partial charge < -0.3 is 10.4 Å². The molecule has 1 saturated heterocycles. The maximum Gasteiger partial charge on any atom is 0.227 e. The Morgan fingerprint density at radius 3 is 2.45 bits per heavy atom. The average molecular weight is 533 g/mol. The number of hydrogen-bond donors (Lipinski definition) is 2. The van der Waals surface area contributed by atoms with Crippen molar-refractivity contribution < 1.29 is 9.90 Å². The highest BCUT2D eigenvalue weighted by molar-refractivity contribution is 5.85. The summed E-state index contributed by atoms with van der Waals surface area (Å²) in [4.78, 5) is 16.0. The van der Waals surface area contributed by atoms with Gasteiger partial charge in [-0.05, 0) is 80.3 Å². The van der Waals surface area contributed by atoms with Crippen LogP contribution in [0.1, 0.15) is 62.1 Å². The maximum atomic E-state index is 13.4. The van der Waals surface area contributed by atoms with Gasteiger partial charge in [0.1, 0.15) is 5.75 Å². The molecule has 3 aromatic rings. The van der Waals surface area contributed by atoms with Crippen molar-refractivity contribution in [2.75, 3.05) is 13.1 Å². The van der Waals surface area contributed by atoms with Crippen LogP contribution in [0, 0.1) is 5.92 Å². The van der Waals surface area contributed by atoms with Gasteiger partial charge in [-0.2, -0.15) is 0 Å². The number of amides is 1. The summed E-state index contributed by atoms with van der Waals surface area (Å²) in [5, 5.41) is 13.8. The zero-order valence-electron chi connectivity index (χ0n) is 22.6. The van der Waals surface area contributed by atoms with E-state index in [0.29, 0.717) is 17.7 Å². The summed E-state index contributed by atoms with van der Waals surface area (Å²) in [6, 6.07) is 29.2. The highest BCUT2D eigenvalue weighted by atomic mass is 35.5. The fraction of sp³-hybridized carbons (Fsp3) is 0.424. The molecular formula is C33H41ClN2O2. The van der Waals surface area contributed by atoms with Crippen LogP contribution in [0.5, 0.6) is 5.75 Å². The number of aromatic hydroxyl groups is 1. The molecule has 1 aliphatic heterocycles. The Kier molecular flexibility index (Phi) is 9.17. The van der Waals surface area contributed by atoms with Crippen LogP contribution >= 0.6 is 12.4 Å². The van der Waals surface area contributed by atoms with Gasteiger partial charge in [-0.3, -0.25) is 9.69 Å². The van der Waals surface area contributed by atoms with E-state index in [1.54, 1.807) is 6.07 Å². The molecule has 5 rings (SSSR count). The summed E-state index contributed by atoms with van der Waals surface area (Å²) < 4.78 is 0. The van der Waals surface area contributed by atoms with E-state index in [2.05, 4.69) is 53.5 Å². The number of benzene rings is 3. The smallest absolute Gasteiger partial charge is 0.227 e. The number of piperidine rings is 1. The zero-order valence-corrected chi connectivity index (χ0v) is 23.4. The Balaban J connectivity index is 0.00000336. The van der Waals surface area contributed by atoms with Gasteiger partial charge in [0.2, 0.25) is 5.91 Å². The summed E-state index contributed by atoms with van der Waals surface area (Å²) in [5.74, 6) is 0.669. The predicted molar refractivity (Wildman–Crippen MR) is 157 cm³/mol. The van der Waals surface area contributed by atoms with Crippen LogP contribution < -0.4 is 5.32 Å². The quantitative estimate of drug-likeness (QED) is 0.349. The Hall–Kier alpha value is -2.82. The standard InChI is InChI=1S/C33H40N2O2.ClH/c1-24-23-35(18-10-13-26-11-5-3-6-12-26)30-20-29(34-32(37)25(2)27-14-7-4-8-15-27)21-33(24,22-30)28-16-9-17-31(36)19-28;/h3-9,11-12,14-17,19,24-25,29-30,36H,10,13,18,20-23H2,1-2H3,(H,34,37);1H/t24-,25+,29+,30+,33+;/m0./s1. The number of carbonyl (C=O) groups excluding carboxylic acids is 1. The number of nitrogens with zero attached hydrogens (tertiary/aromatic N) is 1. The molecule has 0 radical (unpaired) electrons. The second kappa shape index (κ2) is 12.4. The second-order valence-corrected chi connectivity index (χ2v) is 11.3. The second-order valence-electron chi connectivity index (χ2n) is 11.3. The molecule has 2 bridgehead atoms. The number of aryl methyl sites for hydroxylation is 1. The molecule has 38 heavy (non-hydrogen) atoms.